The first-order valence-electron chi connectivity index (χ1n) is 10.5. The molecule has 1 amide bonds. The Bertz CT molecular complexity index is 713. The highest BCUT2D eigenvalue weighted by Crippen LogP contribution is 2.64. The number of hydrogen-bond donors (Lipinski definition) is 0. The number of carbonyl (C=O) groups is 1. The van der Waals surface area contributed by atoms with Crippen LogP contribution in [0.15, 0.2) is 24.3 Å². The maximum Gasteiger partial charge on any atom is 0.225 e. The van der Waals surface area contributed by atoms with Crippen LogP contribution in [0.2, 0.25) is 0 Å². The summed E-state index contributed by atoms with van der Waals surface area (Å²) in [7, 11) is 0. The van der Waals surface area contributed by atoms with Gasteiger partial charge in [0, 0.05) is 11.8 Å². The Kier molecular flexibility index (Phi) is 3.95. The maximum atomic E-state index is 13.7. The lowest BCUT2D eigenvalue weighted by atomic mass is 9.43. The molecule has 4 aliphatic carbocycles. The molecule has 1 aromatic rings. The lowest BCUT2D eigenvalue weighted by Crippen LogP contribution is -2.58. The SMILES string of the molecule is CC1(C)COCN1C(=O)CC1(c2ccc(F)cc2)C2CC3CC(C2)CC1C3. The minimum Gasteiger partial charge on any atom is -0.359 e. The summed E-state index contributed by atoms with van der Waals surface area (Å²) in [6.07, 6.45) is 6.86. The van der Waals surface area contributed by atoms with E-state index in [-0.39, 0.29) is 22.7 Å². The molecule has 0 spiro atoms. The number of amides is 1. The van der Waals surface area contributed by atoms with E-state index in [1.165, 1.54) is 37.7 Å². The van der Waals surface area contributed by atoms with Crippen molar-refractivity contribution in [3.8, 4) is 0 Å². The van der Waals surface area contributed by atoms with E-state index in [9.17, 15) is 9.18 Å². The van der Waals surface area contributed by atoms with E-state index >= 15 is 0 Å². The predicted octanol–water partition coefficient (Wildman–Crippen LogP) is 4.50. The van der Waals surface area contributed by atoms with Crippen molar-refractivity contribution in [1.82, 2.24) is 4.90 Å². The first-order chi connectivity index (χ1) is 12.9. The number of nitrogens with zero attached hydrogens (tertiary/aromatic N) is 1. The molecule has 6 rings (SSSR count). The Morgan fingerprint density at radius 2 is 1.67 bits per heavy atom. The first-order valence-corrected chi connectivity index (χ1v) is 10.5. The van der Waals surface area contributed by atoms with E-state index in [2.05, 4.69) is 13.8 Å². The lowest BCUT2D eigenvalue weighted by Gasteiger charge is -2.62. The topological polar surface area (TPSA) is 29.5 Å². The fourth-order valence-electron chi connectivity index (χ4n) is 7.04. The van der Waals surface area contributed by atoms with Crippen molar-refractivity contribution in [2.45, 2.75) is 63.3 Å². The highest BCUT2D eigenvalue weighted by Gasteiger charge is 2.59. The molecule has 4 bridgehead atoms. The fourth-order valence-corrected chi connectivity index (χ4v) is 7.04. The molecule has 0 unspecified atom stereocenters. The summed E-state index contributed by atoms with van der Waals surface area (Å²) in [5, 5.41) is 0. The molecule has 27 heavy (non-hydrogen) atoms. The van der Waals surface area contributed by atoms with E-state index in [0.29, 0.717) is 31.6 Å². The van der Waals surface area contributed by atoms with E-state index < -0.39 is 0 Å². The zero-order chi connectivity index (χ0) is 18.8. The summed E-state index contributed by atoms with van der Waals surface area (Å²) in [5.41, 5.74) is 0.813. The molecule has 5 aliphatic rings. The van der Waals surface area contributed by atoms with Crippen molar-refractivity contribution in [3.63, 3.8) is 0 Å². The van der Waals surface area contributed by atoms with Crippen LogP contribution >= 0.6 is 0 Å². The van der Waals surface area contributed by atoms with Crippen LogP contribution in [0.25, 0.3) is 0 Å². The molecule has 0 radical (unpaired) electrons. The van der Waals surface area contributed by atoms with Crippen molar-refractivity contribution in [2.24, 2.45) is 23.7 Å². The molecule has 4 heteroatoms. The van der Waals surface area contributed by atoms with Gasteiger partial charge in [-0.05, 0) is 87.3 Å². The molecule has 1 heterocycles. The Hall–Kier alpha value is -1.42. The van der Waals surface area contributed by atoms with Crippen LogP contribution in [-0.4, -0.2) is 29.7 Å². The van der Waals surface area contributed by atoms with Crippen molar-refractivity contribution >= 4 is 5.91 Å². The summed E-state index contributed by atoms with van der Waals surface area (Å²) in [4.78, 5) is 15.4. The van der Waals surface area contributed by atoms with Gasteiger partial charge in [0.05, 0.1) is 12.1 Å². The van der Waals surface area contributed by atoms with Gasteiger partial charge in [0.15, 0.2) is 0 Å². The Labute approximate surface area is 161 Å². The van der Waals surface area contributed by atoms with Crippen LogP contribution < -0.4 is 0 Å². The molecule has 0 atom stereocenters. The van der Waals surface area contributed by atoms with Gasteiger partial charge in [0.1, 0.15) is 12.5 Å². The fraction of sp³-hybridized carbons (Fsp3) is 0.696. The number of ether oxygens (including phenoxy) is 1. The van der Waals surface area contributed by atoms with Crippen molar-refractivity contribution in [3.05, 3.63) is 35.6 Å². The van der Waals surface area contributed by atoms with Gasteiger partial charge in [-0.15, -0.1) is 0 Å². The molecule has 5 fully saturated rings. The number of benzene rings is 1. The van der Waals surface area contributed by atoms with E-state index in [1.807, 2.05) is 17.0 Å². The van der Waals surface area contributed by atoms with E-state index in [4.69, 9.17) is 4.74 Å². The summed E-state index contributed by atoms with van der Waals surface area (Å²) in [5.74, 6) is 2.78. The molecule has 146 valence electrons. The van der Waals surface area contributed by atoms with Gasteiger partial charge >= 0.3 is 0 Å². The molecule has 1 saturated heterocycles. The number of rotatable bonds is 3. The molecule has 1 aliphatic heterocycles. The van der Waals surface area contributed by atoms with Crippen molar-refractivity contribution in [2.75, 3.05) is 13.3 Å². The monoisotopic (exact) mass is 371 g/mol. The zero-order valence-corrected chi connectivity index (χ0v) is 16.4. The predicted molar refractivity (Wildman–Crippen MR) is 101 cm³/mol. The van der Waals surface area contributed by atoms with Crippen LogP contribution in [0.5, 0.6) is 0 Å². The van der Waals surface area contributed by atoms with E-state index in [0.717, 1.165) is 11.8 Å². The Morgan fingerprint density at radius 3 is 2.19 bits per heavy atom. The van der Waals surface area contributed by atoms with Crippen molar-refractivity contribution < 1.29 is 13.9 Å². The minimum absolute atomic E-state index is 0.128. The van der Waals surface area contributed by atoms with Crippen molar-refractivity contribution in [1.29, 1.82) is 0 Å². The molecule has 0 N–H and O–H groups in total. The lowest BCUT2D eigenvalue weighted by molar-refractivity contribution is -0.142. The standard InChI is InChI=1S/C23H30FNO2/c1-22(2)13-27-14-25(22)21(26)12-23(17-3-5-20(24)6-4-17)18-8-15-7-16(10-18)11-19(23)9-15/h3-6,15-16,18-19H,7-14H2,1-2H3. The molecule has 4 saturated carbocycles. The summed E-state index contributed by atoms with van der Waals surface area (Å²) in [6, 6.07) is 7.07. The second-order valence-corrected chi connectivity index (χ2v) is 10.1. The van der Waals surface area contributed by atoms with Gasteiger partial charge in [-0.25, -0.2) is 4.39 Å². The molecular formula is C23H30FNO2. The van der Waals surface area contributed by atoms with Gasteiger partial charge in [-0.2, -0.15) is 0 Å². The third-order valence-corrected chi connectivity index (χ3v) is 8.13. The number of halogens is 1. The molecule has 0 aromatic heterocycles. The maximum absolute atomic E-state index is 13.7. The second kappa shape index (κ2) is 6.04. The largest absolute Gasteiger partial charge is 0.359 e. The highest BCUT2D eigenvalue weighted by molar-refractivity contribution is 5.79. The molecule has 3 nitrogen and oxygen atoms in total. The summed E-state index contributed by atoms with van der Waals surface area (Å²) >= 11 is 0. The third kappa shape index (κ3) is 2.66. The van der Waals surface area contributed by atoms with Gasteiger partial charge in [0.25, 0.3) is 0 Å². The first kappa shape index (κ1) is 17.7. The molecular weight excluding hydrogens is 341 g/mol. The van der Waals surface area contributed by atoms with Crippen LogP contribution in [-0.2, 0) is 14.9 Å². The van der Waals surface area contributed by atoms with Gasteiger partial charge in [-0.3, -0.25) is 4.79 Å². The van der Waals surface area contributed by atoms with Crippen LogP contribution in [0.4, 0.5) is 4.39 Å². The zero-order valence-electron chi connectivity index (χ0n) is 16.4. The quantitative estimate of drug-likeness (QED) is 0.783. The number of hydrogen-bond acceptors (Lipinski definition) is 2. The van der Waals surface area contributed by atoms with Gasteiger partial charge < -0.3 is 9.64 Å². The van der Waals surface area contributed by atoms with Crippen LogP contribution in [0.1, 0.15) is 57.9 Å². The number of carbonyl (C=O) groups excluding carboxylic acids is 1. The normalized spacial score (nSPS) is 39.1. The smallest absolute Gasteiger partial charge is 0.225 e. The van der Waals surface area contributed by atoms with Crippen LogP contribution in [0, 0.1) is 29.5 Å². The minimum atomic E-state index is -0.243. The van der Waals surface area contributed by atoms with Gasteiger partial charge in [-0.1, -0.05) is 12.1 Å². The highest BCUT2D eigenvalue weighted by atomic mass is 19.1. The average molecular weight is 371 g/mol. The van der Waals surface area contributed by atoms with E-state index in [1.54, 1.807) is 12.1 Å². The van der Waals surface area contributed by atoms with Crippen LogP contribution in [0.3, 0.4) is 0 Å². The summed E-state index contributed by atoms with van der Waals surface area (Å²) in [6.45, 7) is 5.16. The second-order valence-electron chi connectivity index (χ2n) is 10.1. The molecule has 1 aromatic carbocycles. The average Bonchev–Trinajstić information content (AvgIpc) is 2.97. The Balaban J connectivity index is 1.53. The summed E-state index contributed by atoms with van der Waals surface area (Å²) < 4.78 is 19.3. The third-order valence-electron chi connectivity index (χ3n) is 8.13. The van der Waals surface area contributed by atoms with Gasteiger partial charge in [0.2, 0.25) is 5.91 Å². The Morgan fingerprint density at radius 1 is 1.07 bits per heavy atom.